The zero-order valence-electron chi connectivity index (χ0n) is 20.1. The first kappa shape index (κ1) is 24.6. The lowest BCUT2D eigenvalue weighted by atomic mass is 10.0. The molecule has 2 amide bonds. The second-order valence-electron chi connectivity index (χ2n) is 8.53. The van der Waals surface area contributed by atoms with Crippen molar-refractivity contribution in [3.8, 4) is 11.5 Å². The van der Waals surface area contributed by atoms with E-state index in [1.165, 1.54) is 6.20 Å². The number of anilines is 2. The first-order valence-corrected chi connectivity index (χ1v) is 12.9. The highest BCUT2D eigenvalue weighted by Gasteiger charge is 2.29. The van der Waals surface area contributed by atoms with Crippen LogP contribution in [0, 0.1) is 0 Å². The van der Waals surface area contributed by atoms with Gasteiger partial charge in [-0.25, -0.2) is 9.78 Å². The molecule has 2 aliphatic rings. The summed E-state index contributed by atoms with van der Waals surface area (Å²) in [5.41, 5.74) is 2.72. The van der Waals surface area contributed by atoms with Gasteiger partial charge in [-0.1, -0.05) is 30.0 Å². The number of amides is 2. The Labute approximate surface area is 218 Å². The minimum Gasteiger partial charge on any atom is -0.454 e. The number of nitrogens with one attached hydrogen (secondary N) is 1. The summed E-state index contributed by atoms with van der Waals surface area (Å²) in [6, 6.07) is 16.1. The van der Waals surface area contributed by atoms with Crippen LogP contribution in [0.3, 0.4) is 0 Å². The molecule has 0 bridgehead atoms. The number of aryl methyl sites for hydroxylation is 1. The number of rotatable bonds is 7. The number of fused-ring (bicyclic) bond motifs is 2. The van der Waals surface area contributed by atoms with Gasteiger partial charge in [0.05, 0.1) is 11.3 Å². The standard InChI is InChI=1S/C27H25N3O6S/c1-17(26(32)30-13-5-7-18-6-2-3-9-21(18)30)36-27(33)20-8-4-12-28-25(20)37-15-24(31)29-19-10-11-22-23(14-19)35-16-34-22/h2-4,6,8-12,14,17H,5,7,13,15-16H2,1H3,(H,29,31). The molecule has 9 nitrogen and oxygen atoms in total. The van der Waals surface area contributed by atoms with Gasteiger partial charge in [-0.3, -0.25) is 9.59 Å². The molecule has 1 aromatic heterocycles. The van der Waals surface area contributed by atoms with Crippen molar-refractivity contribution >= 4 is 40.9 Å². The number of thioether (sulfide) groups is 1. The molecule has 0 spiro atoms. The molecule has 10 heteroatoms. The lowest BCUT2D eigenvalue weighted by Gasteiger charge is -2.31. The van der Waals surface area contributed by atoms with Crippen molar-refractivity contribution in [3.63, 3.8) is 0 Å². The summed E-state index contributed by atoms with van der Waals surface area (Å²) in [6.45, 7) is 2.29. The smallest absolute Gasteiger partial charge is 0.341 e. The summed E-state index contributed by atoms with van der Waals surface area (Å²) in [4.78, 5) is 44.5. The molecule has 5 rings (SSSR count). The van der Waals surface area contributed by atoms with Crippen LogP contribution in [-0.4, -0.2) is 48.0 Å². The van der Waals surface area contributed by atoms with E-state index in [2.05, 4.69) is 10.3 Å². The number of pyridine rings is 1. The van der Waals surface area contributed by atoms with E-state index < -0.39 is 12.1 Å². The van der Waals surface area contributed by atoms with Gasteiger partial charge in [0.2, 0.25) is 12.7 Å². The molecule has 0 radical (unpaired) electrons. The highest BCUT2D eigenvalue weighted by atomic mass is 32.2. The quantitative estimate of drug-likeness (QED) is 0.368. The Hall–Kier alpha value is -4.05. The first-order chi connectivity index (χ1) is 18.0. The van der Waals surface area contributed by atoms with Crippen LogP contribution in [0.2, 0.25) is 0 Å². The fraction of sp³-hybridized carbons (Fsp3) is 0.259. The van der Waals surface area contributed by atoms with Crippen molar-refractivity contribution in [2.75, 3.05) is 29.3 Å². The number of carbonyl (C=O) groups is 3. The zero-order chi connectivity index (χ0) is 25.8. The van der Waals surface area contributed by atoms with Crippen LogP contribution in [0.1, 0.15) is 29.3 Å². The second-order valence-corrected chi connectivity index (χ2v) is 9.49. The Morgan fingerprint density at radius 1 is 1.11 bits per heavy atom. The van der Waals surface area contributed by atoms with Gasteiger partial charge >= 0.3 is 5.97 Å². The molecule has 2 aliphatic heterocycles. The van der Waals surface area contributed by atoms with Gasteiger partial charge in [0.25, 0.3) is 5.91 Å². The highest BCUT2D eigenvalue weighted by molar-refractivity contribution is 8.00. The van der Waals surface area contributed by atoms with E-state index in [0.717, 1.165) is 35.9 Å². The number of esters is 1. The summed E-state index contributed by atoms with van der Waals surface area (Å²) in [7, 11) is 0. The Morgan fingerprint density at radius 2 is 1.95 bits per heavy atom. The maximum absolute atomic E-state index is 13.1. The molecule has 0 saturated carbocycles. The number of hydrogen-bond donors (Lipinski definition) is 1. The van der Waals surface area contributed by atoms with Crippen LogP contribution >= 0.6 is 11.8 Å². The van der Waals surface area contributed by atoms with Gasteiger partial charge < -0.3 is 24.4 Å². The van der Waals surface area contributed by atoms with Crippen LogP contribution in [-0.2, 0) is 20.7 Å². The fourth-order valence-electron chi connectivity index (χ4n) is 4.22. The monoisotopic (exact) mass is 519 g/mol. The molecule has 0 saturated heterocycles. The van der Waals surface area contributed by atoms with Crippen LogP contribution < -0.4 is 19.7 Å². The maximum atomic E-state index is 13.1. The molecule has 1 N–H and O–H groups in total. The first-order valence-electron chi connectivity index (χ1n) is 11.9. The SMILES string of the molecule is CC(OC(=O)c1cccnc1SCC(=O)Nc1ccc2c(c1)OCO2)C(=O)N1CCCc2ccccc21. The second kappa shape index (κ2) is 10.9. The minimum atomic E-state index is -0.981. The zero-order valence-corrected chi connectivity index (χ0v) is 21.0. The minimum absolute atomic E-state index is 0.0186. The summed E-state index contributed by atoms with van der Waals surface area (Å²) in [5.74, 6) is -0.0102. The van der Waals surface area contributed by atoms with Crippen LogP contribution in [0.5, 0.6) is 11.5 Å². The molecular weight excluding hydrogens is 494 g/mol. The van der Waals surface area contributed by atoms with Gasteiger partial charge in [0, 0.05) is 30.2 Å². The summed E-state index contributed by atoms with van der Waals surface area (Å²) in [5, 5.41) is 3.14. The van der Waals surface area contributed by atoms with Crippen molar-refractivity contribution in [2.24, 2.45) is 0 Å². The fourth-order valence-corrected chi connectivity index (χ4v) is 5.01. The molecule has 2 aromatic carbocycles. The van der Waals surface area contributed by atoms with Gasteiger partial charge in [0.1, 0.15) is 5.03 Å². The van der Waals surface area contributed by atoms with E-state index >= 15 is 0 Å². The maximum Gasteiger partial charge on any atom is 0.341 e. The van der Waals surface area contributed by atoms with Crippen molar-refractivity contribution in [1.82, 2.24) is 4.98 Å². The lowest BCUT2D eigenvalue weighted by Crippen LogP contribution is -2.42. The summed E-state index contributed by atoms with van der Waals surface area (Å²) >= 11 is 1.11. The van der Waals surface area contributed by atoms with Gasteiger partial charge in [0.15, 0.2) is 17.6 Å². The Morgan fingerprint density at radius 3 is 2.84 bits per heavy atom. The van der Waals surface area contributed by atoms with E-state index in [1.807, 2.05) is 24.3 Å². The number of carbonyl (C=O) groups excluding carboxylic acids is 3. The Bertz CT molecular complexity index is 1350. The van der Waals surface area contributed by atoms with Crippen molar-refractivity contribution in [1.29, 1.82) is 0 Å². The molecule has 3 heterocycles. The largest absolute Gasteiger partial charge is 0.454 e. The Kier molecular flexibility index (Phi) is 7.27. The molecule has 0 aliphatic carbocycles. The molecule has 1 atom stereocenters. The third kappa shape index (κ3) is 5.54. The van der Waals surface area contributed by atoms with E-state index in [0.29, 0.717) is 28.8 Å². The number of aromatic nitrogens is 1. The van der Waals surface area contributed by atoms with Crippen LogP contribution in [0.25, 0.3) is 0 Å². The predicted octanol–water partition coefficient (Wildman–Crippen LogP) is 4.07. The van der Waals surface area contributed by atoms with Crippen molar-refractivity contribution in [3.05, 3.63) is 71.9 Å². The van der Waals surface area contributed by atoms with E-state index in [9.17, 15) is 14.4 Å². The molecular formula is C27H25N3O6S. The molecule has 1 unspecified atom stereocenters. The lowest BCUT2D eigenvalue weighted by molar-refractivity contribution is -0.126. The average Bonchev–Trinajstić information content (AvgIpc) is 3.39. The van der Waals surface area contributed by atoms with Crippen molar-refractivity contribution < 1.29 is 28.6 Å². The van der Waals surface area contributed by atoms with E-state index in [-0.39, 0.29) is 29.9 Å². The number of nitrogens with zero attached hydrogens (tertiary/aromatic N) is 2. The van der Waals surface area contributed by atoms with Crippen LogP contribution in [0.4, 0.5) is 11.4 Å². The average molecular weight is 520 g/mol. The molecule has 0 fully saturated rings. The number of para-hydroxylation sites is 1. The molecule has 3 aromatic rings. The molecule has 190 valence electrons. The number of ether oxygens (including phenoxy) is 3. The number of hydrogen-bond acceptors (Lipinski definition) is 8. The van der Waals surface area contributed by atoms with E-state index in [1.54, 1.807) is 42.2 Å². The normalized spacial score (nSPS) is 14.5. The van der Waals surface area contributed by atoms with E-state index in [4.69, 9.17) is 14.2 Å². The van der Waals surface area contributed by atoms with Crippen molar-refractivity contribution in [2.45, 2.75) is 30.9 Å². The van der Waals surface area contributed by atoms with Gasteiger partial charge in [-0.05, 0) is 55.7 Å². The van der Waals surface area contributed by atoms with Gasteiger partial charge in [-0.15, -0.1) is 0 Å². The highest BCUT2D eigenvalue weighted by Crippen LogP contribution is 2.34. The topological polar surface area (TPSA) is 107 Å². The molecule has 37 heavy (non-hydrogen) atoms. The Balaban J connectivity index is 1.20. The predicted molar refractivity (Wildman–Crippen MR) is 138 cm³/mol. The summed E-state index contributed by atoms with van der Waals surface area (Å²) in [6.07, 6.45) is 2.31. The third-order valence-corrected chi connectivity index (χ3v) is 7.00. The van der Waals surface area contributed by atoms with Gasteiger partial charge in [-0.2, -0.15) is 0 Å². The van der Waals surface area contributed by atoms with Crippen LogP contribution in [0.15, 0.2) is 65.8 Å². The third-order valence-electron chi connectivity index (χ3n) is 6.00. The summed E-state index contributed by atoms with van der Waals surface area (Å²) < 4.78 is 16.1. The number of benzene rings is 2.